The van der Waals surface area contributed by atoms with E-state index in [1.807, 2.05) is 29.9 Å². The molecule has 1 amide bonds. The lowest BCUT2D eigenvalue weighted by Crippen LogP contribution is -2.22. The zero-order chi connectivity index (χ0) is 11.9. The maximum absolute atomic E-state index is 11.3. The predicted molar refractivity (Wildman–Crippen MR) is 69.7 cm³/mol. The number of rotatable bonds is 1. The summed E-state index contributed by atoms with van der Waals surface area (Å²) < 4.78 is 3.05. The van der Waals surface area contributed by atoms with Crippen molar-refractivity contribution in [3.05, 3.63) is 28.9 Å². The molecule has 0 N–H and O–H groups in total. The van der Waals surface area contributed by atoms with Crippen molar-refractivity contribution in [2.75, 3.05) is 11.9 Å². The summed E-state index contributed by atoms with van der Waals surface area (Å²) in [5.74, 6) is 0.0282. The van der Waals surface area contributed by atoms with Gasteiger partial charge in [-0.25, -0.2) is 0 Å². The molecule has 0 spiro atoms. The predicted octanol–water partition coefficient (Wildman–Crippen LogP) is 2.92. The molecule has 0 bridgehead atoms. The molecule has 1 aromatic carbocycles. The van der Waals surface area contributed by atoms with Crippen LogP contribution in [0.5, 0.6) is 0 Å². The Labute approximate surface area is 103 Å². The van der Waals surface area contributed by atoms with Gasteiger partial charge in [0.25, 0.3) is 0 Å². The largest absolute Gasteiger partial charge is 0.350 e. The highest BCUT2D eigenvalue weighted by Crippen LogP contribution is 2.30. The van der Waals surface area contributed by atoms with Crippen LogP contribution in [-0.4, -0.2) is 17.5 Å². The molecule has 0 atom stereocenters. The van der Waals surface area contributed by atoms with Crippen LogP contribution in [0.1, 0.15) is 6.92 Å². The normalized spacial score (nSPS) is 10.8. The molecule has 0 saturated heterocycles. The second-order valence-electron chi connectivity index (χ2n) is 3.87. The van der Waals surface area contributed by atoms with Crippen LogP contribution >= 0.6 is 15.9 Å². The molecule has 0 radical (unpaired) electrons. The van der Waals surface area contributed by atoms with E-state index in [4.69, 9.17) is 0 Å². The van der Waals surface area contributed by atoms with E-state index in [9.17, 15) is 4.79 Å². The van der Waals surface area contributed by atoms with Gasteiger partial charge >= 0.3 is 0 Å². The molecule has 0 aliphatic rings. The second kappa shape index (κ2) is 3.94. The number of benzene rings is 1. The van der Waals surface area contributed by atoms with E-state index < -0.39 is 0 Å². The fourth-order valence-electron chi connectivity index (χ4n) is 1.69. The fraction of sp³-hybridized carbons (Fsp3) is 0.250. The van der Waals surface area contributed by atoms with Crippen molar-refractivity contribution in [1.82, 2.24) is 4.57 Å². The highest BCUT2D eigenvalue weighted by molar-refractivity contribution is 9.10. The molecule has 0 aliphatic heterocycles. The molecule has 1 aromatic heterocycles. The Bertz CT molecular complexity index is 559. The Balaban J connectivity index is 2.65. The molecule has 2 aromatic rings. The van der Waals surface area contributed by atoms with E-state index in [0.717, 1.165) is 21.1 Å². The third-order valence-corrected chi connectivity index (χ3v) is 3.45. The molecular weight excluding hydrogens is 268 g/mol. The number of nitrogens with zero attached hydrogens (tertiary/aromatic N) is 2. The number of aryl methyl sites for hydroxylation is 1. The minimum atomic E-state index is 0.0282. The number of carbonyl (C=O) groups excluding carboxylic acids is 1. The van der Waals surface area contributed by atoms with Crippen LogP contribution in [0, 0.1) is 0 Å². The molecule has 0 unspecified atom stereocenters. The minimum absolute atomic E-state index is 0.0282. The van der Waals surface area contributed by atoms with Gasteiger partial charge in [-0.3, -0.25) is 4.79 Å². The smallest absolute Gasteiger partial charge is 0.223 e. The van der Waals surface area contributed by atoms with Gasteiger partial charge in [0, 0.05) is 42.8 Å². The Morgan fingerprint density at radius 3 is 2.75 bits per heavy atom. The average Bonchev–Trinajstić information content (AvgIpc) is 2.60. The zero-order valence-corrected chi connectivity index (χ0v) is 11.1. The number of hydrogen-bond donors (Lipinski definition) is 0. The first kappa shape index (κ1) is 11.2. The van der Waals surface area contributed by atoms with Crippen molar-refractivity contribution in [3.8, 4) is 0 Å². The summed E-state index contributed by atoms with van der Waals surface area (Å²) in [4.78, 5) is 13.0. The Morgan fingerprint density at radius 1 is 1.44 bits per heavy atom. The van der Waals surface area contributed by atoms with Crippen LogP contribution in [0.4, 0.5) is 5.69 Å². The second-order valence-corrected chi connectivity index (χ2v) is 4.72. The summed E-state index contributed by atoms with van der Waals surface area (Å²) in [7, 11) is 3.77. The highest BCUT2D eigenvalue weighted by atomic mass is 79.9. The molecule has 0 fully saturated rings. The Kier molecular flexibility index (Phi) is 2.76. The maximum Gasteiger partial charge on any atom is 0.223 e. The van der Waals surface area contributed by atoms with Crippen LogP contribution in [-0.2, 0) is 11.8 Å². The highest BCUT2D eigenvalue weighted by Gasteiger charge is 2.10. The first-order chi connectivity index (χ1) is 7.50. The van der Waals surface area contributed by atoms with E-state index in [0.29, 0.717) is 0 Å². The van der Waals surface area contributed by atoms with Crippen LogP contribution in [0.25, 0.3) is 10.9 Å². The molecule has 16 heavy (non-hydrogen) atoms. The number of fused-ring (bicyclic) bond motifs is 1. The monoisotopic (exact) mass is 280 g/mol. The Morgan fingerprint density at radius 2 is 2.12 bits per heavy atom. The summed E-state index contributed by atoms with van der Waals surface area (Å²) in [6, 6.07) is 6.03. The van der Waals surface area contributed by atoms with Crippen LogP contribution in [0.15, 0.2) is 28.9 Å². The van der Waals surface area contributed by atoms with Crippen molar-refractivity contribution < 1.29 is 4.79 Å². The molecule has 3 nitrogen and oxygen atoms in total. The molecule has 0 aliphatic carbocycles. The standard InChI is InChI=1S/C12H13BrN2O/c1-8(16)15(3)9-6-11(13)10-4-5-14(2)12(10)7-9/h4-7H,1-3H3. The number of carbonyl (C=O) groups is 1. The first-order valence-electron chi connectivity index (χ1n) is 4.99. The third kappa shape index (κ3) is 1.73. The molecular formula is C12H13BrN2O. The fourth-order valence-corrected chi connectivity index (χ4v) is 2.26. The zero-order valence-electron chi connectivity index (χ0n) is 9.49. The Hall–Kier alpha value is -1.29. The summed E-state index contributed by atoms with van der Waals surface area (Å²) >= 11 is 3.53. The number of anilines is 1. The maximum atomic E-state index is 11.3. The summed E-state index contributed by atoms with van der Waals surface area (Å²) in [6.45, 7) is 1.56. The molecule has 84 valence electrons. The van der Waals surface area contributed by atoms with Crippen LogP contribution in [0.2, 0.25) is 0 Å². The van der Waals surface area contributed by atoms with E-state index in [1.165, 1.54) is 0 Å². The summed E-state index contributed by atoms with van der Waals surface area (Å²) in [6.07, 6.45) is 2.01. The van der Waals surface area contributed by atoms with Gasteiger partial charge in [-0.2, -0.15) is 0 Å². The first-order valence-corrected chi connectivity index (χ1v) is 5.79. The topological polar surface area (TPSA) is 25.2 Å². The van der Waals surface area contributed by atoms with Crippen molar-refractivity contribution in [2.24, 2.45) is 7.05 Å². The third-order valence-electron chi connectivity index (χ3n) is 2.80. The van der Waals surface area contributed by atoms with Gasteiger partial charge in [0.05, 0.1) is 5.52 Å². The quantitative estimate of drug-likeness (QED) is 0.789. The lowest BCUT2D eigenvalue weighted by atomic mass is 10.2. The van der Waals surface area contributed by atoms with Crippen molar-refractivity contribution in [2.45, 2.75) is 6.92 Å². The number of aromatic nitrogens is 1. The van der Waals surface area contributed by atoms with Gasteiger partial charge < -0.3 is 9.47 Å². The van der Waals surface area contributed by atoms with Gasteiger partial charge in [0.2, 0.25) is 5.91 Å². The number of amides is 1. The minimum Gasteiger partial charge on any atom is -0.350 e. The SMILES string of the molecule is CC(=O)N(C)c1cc(Br)c2ccn(C)c2c1. The van der Waals surface area contributed by atoms with Crippen LogP contribution in [0.3, 0.4) is 0 Å². The van der Waals surface area contributed by atoms with E-state index in [2.05, 4.69) is 22.0 Å². The lowest BCUT2D eigenvalue weighted by Gasteiger charge is -2.16. The van der Waals surface area contributed by atoms with Crippen molar-refractivity contribution in [3.63, 3.8) is 0 Å². The molecule has 4 heteroatoms. The van der Waals surface area contributed by atoms with E-state index in [-0.39, 0.29) is 5.91 Å². The molecule has 1 heterocycles. The van der Waals surface area contributed by atoms with Gasteiger partial charge in [-0.1, -0.05) is 15.9 Å². The van der Waals surface area contributed by atoms with Crippen molar-refractivity contribution in [1.29, 1.82) is 0 Å². The molecule has 2 rings (SSSR count). The summed E-state index contributed by atoms with van der Waals surface area (Å²) in [5.41, 5.74) is 2.01. The van der Waals surface area contributed by atoms with Gasteiger partial charge in [0.1, 0.15) is 0 Å². The van der Waals surface area contributed by atoms with Gasteiger partial charge in [0.15, 0.2) is 0 Å². The van der Waals surface area contributed by atoms with Crippen molar-refractivity contribution >= 4 is 38.4 Å². The van der Waals surface area contributed by atoms with Gasteiger partial charge in [-0.15, -0.1) is 0 Å². The number of halogens is 1. The van der Waals surface area contributed by atoms with E-state index in [1.54, 1.807) is 18.9 Å². The lowest BCUT2D eigenvalue weighted by molar-refractivity contribution is -0.116. The van der Waals surface area contributed by atoms with E-state index >= 15 is 0 Å². The molecule has 0 saturated carbocycles. The van der Waals surface area contributed by atoms with Crippen LogP contribution < -0.4 is 4.90 Å². The summed E-state index contributed by atoms with van der Waals surface area (Å²) in [5, 5.41) is 1.16. The average molecular weight is 281 g/mol. The number of hydrogen-bond acceptors (Lipinski definition) is 1. The van der Waals surface area contributed by atoms with Gasteiger partial charge in [-0.05, 0) is 18.2 Å².